The van der Waals surface area contributed by atoms with Crippen molar-refractivity contribution < 1.29 is 0 Å². The van der Waals surface area contributed by atoms with E-state index in [1.165, 1.54) is 0 Å². The highest BCUT2D eigenvalue weighted by Crippen LogP contribution is 1.79. The van der Waals surface area contributed by atoms with Gasteiger partial charge in [-0.15, -0.1) is 0 Å². The molecular weight excluding hydrogens is 104 g/mol. The predicted octanol–water partition coefficient (Wildman–Crippen LogP) is 1.50. The second-order valence-corrected chi connectivity index (χ2v) is 1.56. The summed E-state index contributed by atoms with van der Waals surface area (Å²) < 4.78 is 0. The van der Waals surface area contributed by atoms with Crippen molar-refractivity contribution in [3.8, 4) is 11.8 Å². The van der Waals surface area contributed by atoms with Crippen LogP contribution in [0.25, 0.3) is 0 Å². The quantitative estimate of drug-likeness (QED) is 0.356. The Kier molecular flexibility index (Phi) is 3.64. The van der Waals surface area contributed by atoms with Gasteiger partial charge in [0.2, 0.25) is 0 Å². The molecule has 0 aromatic carbocycles. The van der Waals surface area contributed by atoms with Crippen LogP contribution >= 0.6 is 12.6 Å². The maximum atomic E-state index is 3.88. The van der Waals surface area contributed by atoms with Crippen LogP contribution < -0.4 is 0 Å². The molecule has 7 heavy (non-hydrogen) atoms. The largest absolute Gasteiger partial charge is 0.166 e. The fourth-order valence-corrected chi connectivity index (χ4v) is 0.269. The summed E-state index contributed by atoms with van der Waals surface area (Å²) in [6, 6.07) is 0. The zero-order chi connectivity index (χ0) is 5.70. The van der Waals surface area contributed by atoms with Crippen LogP contribution in [0.1, 0.15) is 6.92 Å². The minimum atomic E-state index is 0.618. The van der Waals surface area contributed by atoms with Crippen molar-refractivity contribution in [2.24, 2.45) is 0 Å². The highest BCUT2D eigenvalue weighted by molar-refractivity contribution is 7.80. The first kappa shape index (κ1) is 6.65. The van der Waals surface area contributed by atoms with Crippen molar-refractivity contribution in [1.82, 2.24) is 0 Å². The molecule has 38 valence electrons. The fraction of sp³-hybridized carbons (Fsp3) is 0.333. The molecular formula is C6H8S. The van der Waals surface area contributed by atoms with E-state index in [0.29, 0.717) is 5.75 Å². The van der Waals surface area contributed by atoms with Gasteiger partial charge in [0.15, 0.2) is 0 Å². The molecule has 0 atom stereocenters. The van der Waals surface area contributed by atoms with Gasteiger partial charge in [-0.05, 0) is 12.5 Å². The Balaban J connectivity index is 3.45. The van der Waals surface area contributed by atoms with Gasteiger partial charge in [0, 0.05) is 0 Å². The van der Waals surface area contributed by atoms with Crippen molar-refractivity contribution in [2.45, 2.75) is 6.92 Å². The summed E-state index contributed by atoms with van der Waals surface area (Å²) in [6.07, 6.45) is 0. The maximum Gasteiger partial charge on any atom is 0.0520 e. The lowest BCUT2D eigenvalue weighted by molar-refractivity contribution is 1.62. The van der Waals surface area contributed by atoms with Gasteiger partial charge < -0.3 is 0 Å². The van der Waals surface area contributed by atoms with E-state index in [0.717, 1.165) is 5.57 Å². The molecule has 0 radical (unpaired) electrons. The van der Waals surface area contributed by atoms with Gasteiger partial charge in [0.05, 0.1) is 5.75 Å². The Labute approximate surface area is 50.0 Å². The smallest absolute Gasteiger partial charge is 0.0520 e. The predicted molar refractivity (Wildman–Crippen MR) is 36.4 cm³/mol. The molecule has 0 amide bonds. The third-order valence-corrected chi connectivity index (χ3v) is 0.539. The molecule has 0 aliphatic rings. The molecule has 0 nitrogen and oxygen atoms in total. The van der Waals surface area contributed by atoms with Crippen LogP contribution in [0.2, 0.25) is 0 Å². The average molecular weight is 112 g/mol. The van der Waals surface area contributed by atoms with E-state index in [2.05, 4.69) is 31.0 Å². The number of hydrogen-bond donors (Lipinski definition) is 1. The minimum absolute atomic E-state index is 0.618. The number of allylic oxidation sites excluding steroid dienone is 1. The van der Waals surface area contributed by atoms with Gasteiger partial charge in [-0.3, -0.25) is 0 Å². The van der Waals surface area contributed by atoms with Gasteiger partial charge in [-0.2, -0.15) is 12.6 Å². The molecule has 0 spiro atoms. The van der Waals surface area contributed by atoms with Crippen LogP contribution in [0.5, 0.6) is 0 Å². The second-order valence-electron chi connectivity index (χ2n) is 1.24. The Morgan fingerprint density at radius 3 is 2.57 bits per heavy atom. The highest BCUT2D eigenvalue weighted by Gasteiger charge is 1.65. The Morgan fingerprint density at radius 1 is 1.86 bits per heavy atom. The Morgan fingerprint density at radius 2 is 2.43 bits per heavy atom. The molecule has 0 saturated heterocycles. The van der Waals surface area contributed by atoms with E-state index >= 15 is 0 Å². The zero-order valence-corrected chi connectivity index (χ0v) is 5.26. The highest BCUT2D eigenvalue weighted by atomic mass is 32.1. The van der Waals surface area contributed by atoms with Crippen LogP contribution in [0.15, 0.2) is 12.2 Å². The van der Waals surface area contributed by atoms with Crippen LogP contribution in [0.4, 0.5) is 0 Å². The van der Waals surface area contributed by atoms with E-state index in [9.17, 15) is 0 Å². The van der Waals surface area contributed by atoms with Gasteiger partial charge >= 0.3 is 0 Å². The van der Waals surface area contributed by atoms with E-state index in [4.69, 9.17) is 0 Å². The van der Waals surface area contributed by atoms with E-state index in [-0.39, 0.29) is 0 Å². The summed E-state index contributed by atoms with van der Waals surface area (Å²) in [5.74, 6) is 6.15. The van der Waals surface area contributed by atoms with Gasteiger partial charge in [-0.25, -0.2) is 0 Å². The summed E-state index contributed by atoms with van der Waals surface area (Å²) >= 11 is 3.88. The van der Waals surface area contributed by atoms with Crippen LogP contribution in [0.3, 0.4) is 0 Å². The second kappa shape index (κ2) is 3.83. The molecule has 0 fully saturated rings. The minimum Gasteiger partial charge on any atom is -0.166 e. The van der Waals surface area contributed by atoms with Gasteiger partial charge in [0.1, 0.15) is 0 Å². The van der Waals surface area contributed by atoms with Crippen molar-refractivity contribution >= 4 is 12.6 Å². The first-order chi connectivity index (χ1) is 3.27. The summed E-state index contributed by atoms with van der Waals surface area (Å²) in [4.78, 5) is 0. The number of hydrogen-bond acceptors (Lipinski definition) is 1. The summed E-state index contributed by atoms with van der Waals surface area (Å²) in [5, 5.41) is 0. The zero-order valence-electron chi connectivity index (χ0n) is 4.36. The molecule has 0 N–H and O–H groups in total. The number of thiol groups is 1. The van der Waals surface area contributed by atoms with Crippen molar-refractivity contribution in [1.29, 1.82) is 0 Å². The topological polar surface area (TPSA) is 0 Å². The molecule has 0 aromatic heterocycles. The number of rotatable bonds is 0. The lowest BCUT2D eigenvalue weighted by Crippen LogP contribution is -1.62. The molecule has 0 rings (SSSR count). The maximum absolute atomic E-state index is 3.88. The molecule has 0 aliphatic carbocycles. The first-order valence-corrected chi connectivity index (χ1v) is 2.66. The molecule has 0 bridgehead atoms. The molecule has 1 heteroatoms. The molecule has 0 unspecified atom stereocenters. The van der Waals surface area contributed by atoms with E-state index in [1.54, 1.807) is 0 Å². The third-order valence-electron chi connectivity index (χ3n) is 0.381. The molecule has 0 saturated carbocycles. The monoisotopic (exact) mass is 112 g/mol. The van der Waals surface area contributed by atoms with Crippen LogP contribution in [0, 0.1) is 11.8 Å². The lowest BCUT2D eigenvalue weighted by atomic mass is 10.4. The van der Waals surface area contributed by atoms with Crippen LogP contribution in [-0.4, -0.2) is 5.75 Å². The van der Waals surface area contributed by atoms with Gasteiger partial charge in [-0.1, -0.05) is 18.4 Å². The SMILES string of the molecule is C=C(C)C#CCS. The first-order valence-electron chi connectivity index (χ1n) is 2.02. The average Bonchev–Trinajstić information content (AvgIpc) is 1.61. The summed E-state index contributed by atoms with van der Waals surface area (Å²) in [5.41, 5.74) is 0.897. The van der Waals surface area contributed by atoms with Crippen LogP contribution in [-0.2, 0) is 0 Å². The van der Waals surface area contributed by atoms with E-state index in [1.807, 2.05) is 6.92 Å². The Bertz CT molecular complexity index is 114. The van der Waals surface area contributed by atoms with Gasteiger partial charge in [0.25, 0.3) is 0 Å². The normalized spacial score (nSPS) is 6.57. The summed E-state index contributed by atoms with van der Waals surface area (Å²) in [7, 11) is 0. The molecule has 0 heterocycles. The summed E-state index contributed by atoms with van der Waals surface area (Å²) in [6.45, 7) is 5.46. The standard InChI is InChI=1S/C6H8S/c1-6(2)4-3-5-7/h7H,1,5H2,2H3. The van der Waals surface area contributed by atoms with E-state index < -0.39 is 0 Å². The lowest BCUT2D eigenvalue weighted by Gasteiger charge is -1.73. The fourth-order valence-electron chi connectivity index (χ4n) is 0.190. The molecule has 0 aliphatic heterocycles. The Hall–Kier alpha value is -0.350. The third kappa shape index (κ3) is 5.65. The molecule has 0 aromatic rings. The van der Waals surface area contributed by atoms with Crippen molar-refractivity contribution in [3.05, 3.63) is 12.2 Å². The van der Waals surface area contributed by atoms with Crippen molar-refractivity contribution in [2.75, 3.05) is 5.75 Å². The van der Waals surface area contributed by atoms with Crippen molar-refractivity contribution in [3.63, 3.8) is 0 Å².